The Morgan fingerprint density at radius 2 is 1.59 bits per heavy atom. The highest BCUT2D eigenvalue weighted by atomic mass is 16.1. The van der Waals surface area contributed by atoms with Crippen LogP contribution >= 0.6 is 0 Å². The minimum atomic E-state index is 0.000758. The summed E-state index contributed by atoms with van der Waals surface area (Å²) < 4.78 is 0. The first-order valence-corrected chi connectivity index (χ1v) is 7.54. The second-order valence-corrected chi connectivity index (χ2v) is 5.56. The lowest BCUT2D eigenvalue weighted by Crippen LogP contribution is -2.28. The van der Waals surface area contributed by atoms with Crippen molar-refractivity contribution in [1.29, 1.82) is 0 Å². The third-order valence-electron chi connectivity index (χ3n) is 3.86. The molecule has 0 aromatic heterocycles. The van der Waals surface area contributed by atoms with Gasteiger partial charge in [0.1, 0.15) is 0 Å². The topological polar surface area (TPSA) is 29.1 Å². The number of amides is 1. The minimum absolute atomic E-state index is 0.000758. The SMILES string of the molecule is C[C@H](NC(=O)Cc1ccccc1)c1ccc2ccccc2c1. The van der Waals surface area contributed by atoms with E-state index in [-0.39, 0.29) is 11.9 Å². The van der Waals surface area contributed by atoms with Gasteiger partial charge in [0.15, 0.2) is 0 Å². The zero-order valence-electron chi connectivity index (χ0n) is 12.6. The largest absolute Gasteiger partial charge is 0.349 e. The van der Waals surface area contributed by atoms with Crippen LogP contribution in [0.3, 0.4) is 0 Å². The summed E-state index contributed by atoms with van der Waals surface area (Å²) in [6, 6.07) is 24.4. The Kier molecular flexibility index (Phi) is 4.19. The molecule has 2 nitrogen and oxygen atoms in total. The van der Waals surface area contributed by atoms with Crippen molar-refractivity contribution in [3.05, 3.63) is 83.9 Å². The quantitative estimate of drug-likeness (QED) is 0.764. The number of hydrogen-bond donors (Lipinski definition) is 1. The number of nitrogens with one attached hydrogen (secondary N) is 1. The van der Waals surface area contributed by atoms with E-state index >= 15 is 0 Å². The Labute approximate surface area is 130 Å². The molecule has 0 aliphatic carbocycles. The van der Waals surface area contributed by atoms with Crippen molar-refractivity contribution >= 4 is 16.7 Å². The molecule has 2 heteroatoms. The van der Waals surface area contributed by atoms with Crippen LogP contribution in [0.15, 0.2) is 72.8 Å². The van der Waals surface area contributed by atoms with Crippen molar-refractivity contribution < 1.29 is 4.79 Å². The van der Waals surface area contributed by atoms with Gasteiger partial charge in [0.05, 0.1) is 12.5 Å². The van der Waals surface area contributed by atoms with Crippen LogP contribution in [0.5, 0.6) is 0 Å². The highest BCUT2D eigenvalue weighted by molar-refractivity contribution is 5.83. The molecule has 3 aromatic carbocycles. The molecule has 1 N–H and O–H groups in total. The van der Waals surface area contributed by atoms with E-state index in [0.717, 1.165) is 11.1 Å². The highest BCUT2D eigenvalue weighted by Gasteiger charge is 2.10. The number of carbonyl (C=O) groups excluding carboxylic acids is 1. The van der Waals surface area contributed by atoms with Gasteiger partial charge in [-0.25, -0.2) is 0 Å². The van der Waals surface area contributed by atoms with Gasteiger partial charge in [0.25, 0.3) is 0 Å². The standard InChI is InChI=1S/C20H19NO/c1-15(21-20(22)13-16-7-3-2-4-8-16)18-12-11-17-9-5-6-10-19(17)14-18/h2-12,14-15H,13H2,1H3,(H,21,22)/t15-/m0/s1. The molecule has 0 aliphatic rings. The van der Waals surface area contributed by atoms with Gasteiger partial charge >= 0.3 is 0 Å². The molecule has 0 bridgehead atoms. The number of hydrogen-bond acceptors (Lipinski definition) is 1. The lowest BCUT2D eigenvalue weighted by Gasteiger charge is -2.15. The molecule has 0 aliphatic heterocycles. The number of carbonyl (C=O) groups is 1. The fourth-order valence-corrected chi connectivity index (χ4v) is 2.63. The molecule has 0 saturated heterocycles. The molecule has 3 aromatic rings. The van der Waals surface area contributed by atoms with Crippen molar-refractivity contribution in [1.82, 2.24) is 5.32 Å². The zero-order chi connectivity index (χ0) is 15.4. The Balaban J connectivity index is 1.70. The predicted octanol–water partition coefficient (Wildman–Crippen LogP) is 4.26. The van der Waals surface area contributed by atoms with E-state index in [1.807, 2.05) is 49.4 Å². The van der Waals surface area contributed by atoms with Gasteiger partial charge < -0.3 is 5.32 Å². The lowest BCUT2D eigenvalue weighted by molar-refractivity contribution is -0.121. The van der Waals surface area contributed by atoms with Gasteiger partial charge in [-0.15, -0.1) is 0 Å². The zero-order valence-corrected chi connectivity index (χ0v) is 12.6. The molecule has 0 unspecified atom stereocenters. The average Bonchev–Trinajstić information content (AvgIpc) is 2.55. The molecule has 1 atom stereocenters. The van der Waals surface area contributed by atoms with E-state index in [1.54, 1.807) is 0 Å². The first-order valence-electron chi connectivity index (χ1n) is 7.54. The van der Waals surface area contributed by atoms with Gasteiger partial charge in [0.2, 0.25) is 5.91 Å². The summed E-state index contributed by atoms with van der Waals surface area (Å²) >= 11 is 0. The molecular weight excluding hydrogens is 270 g/mol. The summed E-state index contributed by atoms with van der Waals surface area (Å²) in [7, 11) is 0. The fourth-order valence-electron chi connectivity index (χ4n) is 2.63. The van der Waals surface area contributed by atoms with Crippen LogP contribution in [-0.4, -0.2) is 5.91 Å². The number of benzene rings is 3. The highest BCUT2D eigenvalue weighted by Crippen LogP contribution is 2.20. The maximum absolute atomic E-state index is 12.1. The van der Waals surface area contributed by atoms with Crippen molar-refractivity contribution in [3.8, 4) is 0 Å². The smallest absolute Gasteiger partial charge is 0.224 e. The van der Waals surface area contributed by atoms with E-state index in [1.165, 1.54) is 10.8 Å². The van der Waals surface area contributed by atoms with Crippen LogP contribution in [0, 0.1) is 0 Å². The van der Waals surface area contributed by atoms with Crippen LogP contribution in [0.1, 0.15) is 24.1 Å². The minimum Gasteiger partial charge on any atom is -0.349 e. The van der Waals surface area contributed by atoms with Crippen molar-refractivity contribution in [2.75, 3.05) is 0 Å². The third-order valence-corrected chi connectivity index (χ3v) is 3.86. The fraction of sp³-hybridized carbons (Fsp3) is 0.150. The average molecular weight is 289 g/mol. The molecule has 110 valence electrons. The number of fused-ring (bicyclic) bond motifs is 1. The Bertz CT molecular complexity index is 780. The van der Waals surface area contributed by atoms with E-state index in [2.05, 4.69) is 35.6 Å². The monoisotopic (exact) mass is 289 g/mol. The third kappa shape index (κ3) is 3.34. The molecule has 3 rings (SSSR count). The van der Waals surface area contributed by atoms with Crippen molar-refractivity contribution in [2.45, 2.75) is 19.4 Å². The van der Waals surface area contributed by atoms with E-state index in [9.17, 15) is 4.79 Å². The second kappa shape index (κ2) is 6.44. The summed E-state index contributed by atoms with van der Waals surface area (Å²) in [5.74, 6) is 0.0480. The summed E-state index contributed by atoms with van der Waals surface area (Å²) in [4.78, 5) is 12.1. The van der Waals surface area contributed by atoms with Gasteiger partial charge in [-0.3, -0.25) is 4.79 Å². The first kappa shape index (κ1) is 14.3. The normalized spacial score (nSPS) is 12.0. The summed E-state index contributed by atoms with van der Waals surface area (Å²) in [6.07, 6.45) is 0.415. The maximum atomic E-state index is 12.1. The van der Waals surface area contributed by atoms with Crippen LogP contribution in [0.4, 0.5) is 0 Å². The Hall–Kier alpha value is -2.61. The van der Waals surface area contributed by atoms with E-state index in [4.69, 9.17) is 0 Å². The van der Waals surface area contributed by atoms with Gasteiger partial charge in [-0.05, 0) is 34.9 Å². The molecular formula is C20H19NO. The maximum Gasteiger partial charge on any atom is 0.224 e. The molecule has 0 radical (unpaired) electrons. The van der Waals surface area contributed by atoms with Gasteiger partial charge in [0, 0.05) is 0 Å². The lowest BCUT2D eigenvalue weighted by atomic mass is 10.0. The van der Waals surface area contributed by atoms with Crippen LogP contribution < -0.4 is 5.32 Å². The second-order valence-electron chi connectivity index (χ2n) is 5.56. The molecule has 22 heavy (non-hydrogen) atoms. The first-order chi connectivity index (χ1) is 10.7. The van der Waals surface area contributed by atoms with Crippen LogP contribution in [-0.2, 0) is 11.2 Å². The Morgan fingerprint density at radius 3 is 2.36 bits per heavy atom. The summed E-state index contributed by atoms with van der Waals surface area (Å²) in [6.45, 7) is 2.02. The van der Waals surface area contributed by atoms with Crippen molar-refractivity contribution in [3.63, 3.8) is 0 Å². The van der Waals surface area contributed by atoms with Crippen LogP contribution in [0.25, 0.3) is 10.8 Å². The molecule has 0 saturated carbocycles. The van der Waals surface area contributed by atoms with E-state index < -0.39 is 0 Å². The molecule has 0 heterocycles. The molecule has 1 amide bonds. The van der Waals surface area contributed by atoms with Gasteiger partial charge in [-0.2, -0.15) is 0 Å². The Morgan fingerprint density at radius 1 is 0.909 bits per heavy atom. The summed E-state index contributed by atoms with van der Waals surface area (Å²) in [5, 5.41) is 5.49. The summed E-state index contributed by atoms with van der Waals surface area (Å²) in [5.41, 5.74) is 2.16. The van der Waals surface area contributed by atoms with Crippen molar-refractivity contribution in [2.24, 2.45) is 0 Å². The van der Waals surface area contributed by atoms with Gasteiger partial charge in [-0.1, -0.05) is 66.7 Å². The molecule has 0 fully saturated rings. The number of rotatable bonds is 4. The predicted molar refractivity (Wildman–Crippen MR) is 90.7 cm³/mol. The molecule has 0 spiro atoms. The van der Waals surface area contributed by atoms with Crippen LogP contribution in [0.2, 0.25) is 0 Å². The van der Waals surface area contributed by atoms with E-state index in [0.29, 0.717) is 6.42 Å².